The average molecular weight is 426 g/mol. The molecule has 2 heterocycles. The summed E-state index contributed by atoms with van der Waals surface area (Å²) in [6, 6.07) is 16.2. The SMILES string of the molecule is O=C(O)c1ccccc1-c1ccc(/C=C2/SC(=O)N(c3cccc(Cl)c3)C2=O)o1. The normalized spacial score (nSPS) is 15.3. The molecule has 3 aromatic rings. The smallest absolute Gasteiger partial charge is 0.336 e. The van der Waals surface area contributed by atoms with Crippen molar-refractivity contribution in [2.45, 2.75) is 0 Å². The highest BCUT2D eigenvalue weighted by molar-refractivity contribution is 8.19. The second kappa shape index (κ2) is 7.62. The van der Waals surface area contributed by atoms with Crippen molar-refractivity contribution < 1.29 is 23.9 Å². The maximum absolute atomic E-state index is 12.7. The minimum absolute atomic E-state index is 0.106. The summed E-state index contributed by atoms with van der Waals surface area (Å²) >= 11 is 6.75. The van der Waals surface area contributed by atoms with Crippen molar-refractivity contribution in [3.05, 3.63) is 81.9 Å². The molecule has 1 aliphatic heterocycles. The van der Waals surface area contributed by atoms with Crippen LogP contribution in [0.15, 0.2) is 70.0 Å². The molecule has 1 fully saturated rings. The Morgan fingerprint density at radius 2 is 1.86 bits per heavy atom. The first-order valence-corrected chi connectivity index (χ1v) is 9.59. The molecular weight excluding hydrogens is 414 g/mol. The molecule has 1 saturated heterocycles. The number of halogens is 1. The van der Waals surface area contributed by atoms with Crippen molar-refractivity contribution in [1.29, 1.82) is 0 Å². The van der Waals surface area contributed by atoms with Gasteiger partial charge < -0.3 is 9.52 Å². The maximum atomic E-state index is 12.7. The van der Waals surface area contributed by atoms with E-state index in [9.17, 15) is 19.5 Å². The number of carboxylic acid groups (broad SMARTS) is 1. The van der Waals surface area contributed by atoms with Gasteiger partial charge in [0.2, 0.25) is 0 Å². The van der Waals surface area contributed by atoms with Gasteiger partial charge in [0.1, 0.15) is 11.5 Å². The molecule has 0 radical (unpaired) electrons. The number of thioether (sulfide) groups is 1. The summed E-state index contributed by atoms with van der Waals surface area (Å²) in [6.07, 6.45) is 1.46. The van der Waals surface area contributed by atoms with E-state index in [0.717, 1.165) is 16.7 Å². The average Bonchev–Trinajstić information content (AvgIpc) is 3.26. The second-order valence-corrected chi connectivity index (χ2v) is 7.48. The number of carbonyl (C=O) groups is 3. The van der Waals surface area contributed by atoms with Crippen molar-refractivity contribution in [3.63, 3.8) is 0 Å². The van der Waals surface area contributed by atoms with Gasteiger partial charge in [-0.25, -0.2) is 9.69 Å². The van der Waals surface area contributed by atoms with Gasteiger partial charge in [-0.05, 0) is 48.2 Å². The Morgan fingerprint density at radius 1 is 1.07 bits per heavy atom. The Hall–Kier alpha value is -3.29. The number of rotatable bonds is 4. The summed E-state index contributed by atoms with van der Waals surface area (Å²) in [5, 5.41) is 9.31. The van der Waals surface area contributed by atoms with Crippen LogP contribution in [-0.4, -0.2) is 22.2 Å². The van der Waals surface area contributed by atoms with Crippen LogP contribution in [0.2, 0.25) is 5.02 Å². The van der Waals surface area contributed by atoms with Crippen LogP contribution in [0.4, 0.5) is 10.5 Å². The predicted octanol–water partition coefficient (Wildman–Crippen LogP) is 5.54. The van der Waals surface area contributed by atoms with Crippen molar-refractivity contribution >= 4 is 52.2 Å². The lowest BCUT2D eigenvalue weighted by Gasteiger charge is -2.12. The van der Waals surface area contributed by atoms with Crippen molar-refractivity contribution in [3.8, 4) is 11.3 Å². The molecule has 29 heavy (non-hydrogen) atoms. The topological polar surface area (TPSA) is 87.8 Å². The van der Waals surface area contributed by atoms with Gasteiger partial charge in [-0.15, -0.1) is 0 Å². The quantitative estimate of drug-likeness (QED) is 0.552. The first-order valence-electron chi connectivity index (χ1n) is 8.40. The first kappa shape index (κ1) is 19.0. The van der Waals surface area contributed by atoms with E-state index >= 15 is 0 Å². The third-order valence-electron chi connectivity index (χ3n) is 4.18. The molecule has 0 unspecified atom stereocenters. The molecule has 0 spiro atoms. The van der Waals surface area contributed by atoms with Crippen molar-refractivity contribution in [2.75, 3.05) is 4.90 Å². The highest BCUT2D eigenvalue weighted by Gasteiger charge is 2.36. The highest BCUT2D eigenvalue weighted by atomic mass is 35.5. The summed E-state index contributed by atoms with van der Waals surface area (Å²) in [5.41, 5.74) is 0.917. The molecule has 2 amide bonds. The number of amides is 2. The largest absolute Gasteiger partial charge is 0.478 e. The lowest BCUT2D eigenvalue weighted by Crippen LogP contribution is -2.27. The summed E-state index contributed by atoms with van der Waals surface area (Å²) < 4.78 is 5.71. The molecule has 144 valence electrons. The maximum Gasteiger partial charge on any atom is 0.336 e. The molecular formula is C21H12ClNO5S. The Bertz CT molecular complexity index is 1180. The number of nitrogens with zero attached hydrogens (tertiary/aromatic N) is 1. The van der Waals surface area contributed by atoms with Crippen LogP contribution < -0.4 is 4.90 Å². The zero-order valence-electron chi connectivity index (χ0n) is 14.7. The molecule has 0 saturated carbocycles. The molecule has 1 aliphatic rings. The Balaban J connectivity index is 1.64. The molecule has 0 aliphatic carbocycles. The number of hydrogen-bond acceptors (Lipinski definition) is 5. The van der Waals surface area contributed by atoms with Gasteiger partial charge >= 0.3 is 5.97 Å². The fourth-order valence-electron chi connectivity index (χ4n) is 2.89. The molecule has 1 aromatic heterocycles. The molecule has 4 rings (SSSR count). The number of carboxylic acids is 1. The molecule has 0 atom stereocenters. The number of furan rings is 1. The van der Waals surface area contributed by atoms with E-state index in [1.807, 2.05) is 0 Å². The summed E-state index contributed by atoms with van der Waals surface area (Å²) in [4.78, 5) is 37.7. The molecule has 8 heteroatoms. The van der Waals surface area contributed by atoms with E-state index < -0.39 is 17.1 Å². The van der Waals surface area contributed by atoms with Gasteiger partial charge in [0.15, 0.2) is 0 Å². The predicted molar refractivity (Wildman–Crippen MR) is 111 cm³/mol. The minimum atomic E-state index is -1.07. The van der Waals surface area contributed by atoms with E-state index in [0.29, 0.717) is 27.8 Å². The summed E-state index contributed by atoms with van der Waals surface area (Å²) in [6.45, 7) is 0. The van der Waals surface area contributed by atoms with Crippen molar-refractivity contribution in [1.82, 2.24) is 0 Å². The number of aromatic carboxylic acids is 1. The summed E-state index contributed by atoms with van der Waals surface area (Å²) in [5.74, 6) is -0.868. The third-order valence-corrected chi connectivity index (χ3v) is 5.29. The second-order valence-electron chi connectivity index (χ2n) is 6.05. The van der Waals surface area contributed by atoms with Crippen LogP contribution >= 0.6 is 23.4 Å². The van der Waals surface area contributed by atoms with Gasteiger partial charge in [0.05, 0.1) is 16.2 Å². The monoisotopic (exact) mass is 425 g/mol. The lowest BCUT2D eigenvalue weighted by atomic mass is 10.1. The number of benzene rings is 2. The van der Waals surface area contributed by atoms with Crippen LogP contribution in [0.25, 0.3) is 17.4 Å². The van der Waals surface area contributed by atoms with Gasteiger partial charge in [-0.2, -0.15) is 0 Å². The fraction of sp³-hybridized carbons (Fsp3) is 0. The van der Waals surface area contributed by atoms with Crippen LogP contribution in [0.3, 0.4) is 0 Å². The fourth-order valence-corrected chi connectivity index (χ4v) is 3.90. The zero-order valence-corrected chi connectivity index (χ0v) is 16.2. The molecule has 1 N–H and O–H groups in total. The summed E-state index contributed by atoms with van der Waals surface area (Å²) in [7, 11) is 0. The first-order chi connectivity index (χ1) is 13.9. The Labute approximate surface area is 174 Å². The van der Waals surface area contributed by atoms with E-state index in [4.69, 9.17) is 16.0 Å². The van der Waals surface area contributed by atoms with Gasteiger partial charge in [-0.1, -0.05) is 35.9 Å². The molecule has 2 aromatic carbocycles. The third kappa shape index (κ3) is 3.70. The van der Waals surface area contributed by atoms with Crippen LogP contribution in [-0.2, 0) is 4.79 Å². The van der Waals surface area contributed by atoms with Gasteiger partial charge in [0, 0.05) is 16.7 Å². The highest BCUT2D eigenvalue weighted by Crippen LogP contribution is 2.37. The number of imide groups is 1. The Kier molecular flexibility index (Phi) is 5.00. The minimum Gasteiger partial charge on any atom is -0.478 e. The van der Waals surface area contributed by atoms with Crippen molar-refractivity contribution in [2.24, 2.45) is 0 Å². The van der Waals surface area contributed by atoms with E-state index in [1.54, 1.807) is 48.5 Å². The number of carbonyl (C=O) groups excluding carboxylic acids is 2. The molecule has 6 nitrogen and oxygen atoms in total. The number of hydrogen-bond donors (Lipinski definition) is 1. The molecule has 0 bridgehead atoms. The van der Waals surface area contributed by atoms with Crippen LogP contribution in [0, 0.1) is 0 Å². The van der Waals surface area contributed by atoms with Crippen LogP contribution in [0.1, 0.15) is 16.1 Å². The van der Waals surface area contributed by atoms with Gasteiger partial charge in [-0.3, -0.25) is 9.59 Å². The van der Waals surface area contributed by atoms with Gasteiger partial charge in [0.25, 0.3) is 11.1 Å². The Morgan fingerprint density at radius 3 is 2.62 bits per heavy atom. The van der Waals surface area contributed by atoms with E-state index in [2.05, 4.69) is 0 Å². The van der Waals surface area contributed by atoms with E-state index in [1.165, 1.54) is 18.2 Å². The zero-order chi connectivity index (χ0) is 20.5. The van der Waals surface area contributed by atoms with Crippen LogP contribution in [0.5, 0.6) is 0 Å². The lowest BCUT2D eigenvalue weighted by molar-refractivity contribution is -0.113. The standard InChI is InChI=1S/C21H12ClNO5S/c22-12-4-3-5-13(10-12)23-19(24)18(29-21(23)27)11-14-8-9-17(28-14)15-6-1-2-7-16(15)20(25)26/h1-11H,(H,25,26)/b18-11+. The van der Waals surface area contributed by atoms with E-state index in [-0.39, 0.29) is 10.5 Å². The number of anilines is 1.